The number of ether oxygens (including phenoxy) is 1. The molecule has 1 aromatic carbocycles. The van der Waals surface area contributed by atoms with Gasteiger partial charge in [-0.2, -0.15) is 0 Å². The van der Waals surface area contributed by atoms with Gasteiger partial charge in [0.1, 0.15) is 11.9 Å². The van der Waals surface area contributed by atoms with Crippen LogP contribution in [0.3, 0.4) is 0 Å². The van der Waals surface area contributed by atoms with Crippen molar-refractivity contribution in [2.75, 3.05) is 0 Å². The number of nitrogens with two attached hydrogens (primary N) is 1. The molecule has 0 aliphatic heterocycles. The fraction of sp³-hybridized carbons (Fsp3) is 0.273. The molecule has 2 nitrogen and oxygen atoms in total. The maximum atomic E-state index is 6.02. The molecule has 0 saturated carbocycles. The number of halogens is 2. The summed E-state index contributed by atoms with van der Waals surface area (Å²) in [5, 5.41) is 1.02. The third-order valence-electron chi connectivity index (χ3n) is 1.94. The Morgan fingerprint density at radius 2 is 2.20 bits per heavy atom. The Balaban J connectivity index is 3.09. The lowest BCUT2D eigenvalue weighted by Gasteiger charge is -2.15. The molecule has 1 rings (SSSR count). The third-order valence-corrected chi connectivity index (χ3v) is 2.44. The lowest BCUT2D eigenvalue weighted by Crippen LogP contribution is -2.11. The van der Waals surface area contributed by atoms with Gasteiger partial charge in [0.2, 0.25) is 0 Å². The van der Waals surface area contributed by atoms with Crippen LogP contribution in [0.1, 0.15) is 12.5 Å². The van der Waals surface area contributed by atoms with E-state index in [1.54, 1.807) is 18.2 Å². The molecule has 0 bridgehead atoms. The van der Waals surface area contributed by atoms with E-state index >= 15 is 0 Å². The fourth-order valence-electron chi connectivity index (χ4n) is 1.13. The Morgan fingerprint density at radius 1 is 1.53 bits per heavy atom. The van der Waals surface area contributed by atoms with Gasteiger partial charge in [-0.3, -0.25) is 0 Å². The number of benzene rings is 1. The van der Waals surface area contributed by atoms with Gasteiger partial charge in [0, 0.05) is 17.1 Å². The number of hydrogen-bond acceptors (Lipinski definition) is 2. The van der Waals surface area contributed by atoms with Gasteiger partial charge < -0.3 is 10.5 Å². The maximum absolute atomic E-state index is 6.02. The lowest BCUT2D eigenvalue weighted by molar-refractivity contribution is 0.267. The molecule has 0 spiro atoms. The summed E-state index contributed by atoms with van der Waals surface area (Å²) in [5.74, 6) is 0.580. The molecular weight excluding hydrogens is 233 g/mol. The molecule has 0 heterocycles. The molecule has 0 saturated heterocycles. The second kappa shape index (κ2) is 5.40. The molecule has 0 fully saturated rings. The minimum atomic E-state index is -0.117. The van der Waals surface area contributed by atoms with Crippen molar-refractivity contribution < 1.29 is 4.74 Å². The average molecular weight is 246 g/mol. The van der Waals surface area contributed by atoms with Gasteiger partial charge in [0.15, 0.2) is 0 Å². The summed E-state index contributed by atoms with van der Waals surface area (Å²) < 4.78 is 5.58. The molecule has 0 aliphatic rings. The second-order valence-corrected chi connectivity index (χ2v) is 3.98. The summed E-state index contributed by atoms with van der Waals surface area (Å²) in [4.78, 5) is 0. The molecule has 2 N–H and O–H groups in total. The third kappa shape index (κ3) is 3.13. The van der Waals surface area contributed by atoms with Crippen molar-refractivity contribution in [3.63, 3.8) is 0 Å². The Kier molecular flexibility index (Phi) is 4.45. The first kappa shape index (κ1) is 12.4. The molecular formula is C11H13Cl2NO. The predicted molar refractivity (Wildman–Crippen MR) is 64.6 cm³/mol. The lowest BCUT2D eigenvalue weighted by atomic mass is 10.2. The van der Waals surface area contributed by atoms with Crippen LogP contribution in [-0.2, 0) is 6.54 Å². The SMILES string of the molecule is C=CC(C)Oc1c(Cl)cc(Cl)cc1CN. The van der Waals surface area contributed by atoms with Crippen molar-refractivity contribution in [1.82, 2.24) is 0 Å². The average Bonchev–Trinajstić information content (AvgIpc) is 2.21. The summed E-state index contributed by atoms with van der Waals surface area (Å²) >= 11 is 11.9. The highest BCUT2D eigenvalue weighted by molar-refractivity contribution is 6.35. The topological polar surface area (TPSA) is 35.2 Å². The van der Waals surface area contributed by atoms with Crippen molar-refractivity contribution in [2.45, 2.75) is 19.6 Å². The monoisotopic (exact) mass is 245 g/mol. The molecule has 0 aromatic heterocycles. The van der Waals surface area contributed by atoms with Crippen LogP contribution in [0, 0.1) is 0 Å². The van der Waals surface area contributed by atoms with Crippen molar-refractivity contribution in [3.8, 4) is 5.75 Å². The van der Waals surface area contributed by atoms with E-state index in [2.05, 4.69) is 6.58 Å². The molecule has 0 amide bonds. The number of hydrogen-bond donors (Lipinski definition) is 1. The molecule has 1 atom stereocenters. The van der Waals surface area contributed by atoms with Crippen LogP contribution >= 0.6 is 23.2 Å². The second-order valence-electron chi connectivity index (χ2n) is 3.14. The Morgan fingerprint density at radius 3 is 2.73 bits per heavy atom. The van der Waals surface area contributed by atoms with E-state index in [0.29, 0.717) is 22.3 Å². The van der Waals surface area contributed by atoms with E-state index in [9.17, 15) is 0 Å². The van der Waals surface area contributed by atoms with Gasteiger partial charge in [-0.1, -0.05) is 35.9 Å². The highest BCUT2D eigenvalue weighted by Gasteiger charge is 2.11. The molecule has 4 heteroatoms. The van der Waals surface area contributed by atoms with Crippen LogP contribution in [0.5, 0.6) is 5.75 Å². The zero-order chi connectivity index (χ0) is 11.4. The van der Waals surface area contributed by atoms with Crippen molar-refractivity contribution in [1.29, 1.82) is 0 Å². The molecule has 1 unspecified atom stereocenters. The van der Waals surface area contributed by atoms with Crippen LogP contribution in [0.4, 0.5) is 0 Å². The molecule has 82 valence electrons. The van der Waals surface area contributed by atoms with E-state index < -0.39 is 0 Å². The maximum Gasteiger partial charge on any atom is 0.143 e. The van der Waals surface area contributed by atoms with Crippen molar-refractivity contribution in [2.24, 2.45) is 5.73 Å². The Bertz CT molecular complexity index is 366. The van der Waals surface area contributed by atoms with E-state index in [1.807, 2.05) is 6.92 Å². The van der Waals surface area contributed by atoms with E-state index in [1.165, 1.54) is 0 Å². The first-order valence-electron chi connectivity index (χ1n) is 4.55. The van der Waals surface area contributed by atoms with Crippen molar-refractivity contribution in [3.05, 3.63) is 40.4 Å². The van der Waals surface area contributed by atoms with Crippen LogP contribution < -0.4 is 10.5 Å². The normalized spacial score (nSPS) is 12.3. The van der Waals surface area contributed by atoms with Crippen LogP contribution in [-0.4, -0.2) is 6.10 Å². The largest absolute Gasteiger partial charge is 0.485 e. The standard InChI is InChI=1S/C11H13Cl2NO/c1-3-7(2)15-11-8(6-14)4-9(12)5-10(11)13/h3-5,7H,1,6,14H2,2H3. The van der Waals surface area contributed by atoms with Crippen LogP contribution in [0.25, 0.3) is 0 Å². The van der Waals surface area contributed by atoms with Gasteiger partial charge in [0.05, 0.1) is 5.02 Å². The highest BCUT2D eigenvalue weighted by Crippen LogP contribution is 2.32. The first-order valence-corrected chi connectivity index (χ1v) is 5.31. The van der Waals surface area contributed by atoms with Gasteiger partial charge >= 0.3 is 0 Å². The van der Waals surface area contributed by atoms with E-state index in [-0.39, 0.29) is 6.10 Å². The van der Waals surface area contributed by atoms with Crippen LogP contribution in [0.2, 0.25) is 10.0 Å². The van der Waals surface area contributed by atoms with E-state index in [4.69, 9.17) is 33.7 Å². The minimum absolute atomic E-state index is 0.117. The summed E-state index contributed by atoms with van der Waals surface area (Å²) in [6, 6.07) is 3.38. The zero-order valence-electron chi connectivity index (χ0n) is 8.47. The fourth-order valence-corrected chi connectivity index (χ4v) is 1.71. The Hall–Kier alpha value is -0.700. The highest BCUT2D eigenvalue weighted by atomic mass is 35.5. The quantitative estimate of drug-likeness (QED) is 0.826. The summed E-state index contributed by atoms with van der Waals surface area (Å²) in [6.07, 6.45) is 1.57. The first-order chi connectivity index (χ1) is 7.08. The number of rotatable bonds is 4. The minimum Gasteiger partial charge on any atom is -0.485 e. The van der Waals surface area contributed by atoms with Gasteiger partial charge in [-0.05, 0) is 19.1 Å². The predicted octanol–water partition coefficient (Wildman–Crippen LogP) is 3.41. The molecule has 0 aliphatic carbocycles. The van der Waals surface area contributed by atoms with Crippen LogP contribution in [0.15, 0.2) is 24.8 Å². The zero-order valence-corrected chi connectivity index (χ0v) is 9.98. The summed E-state index contributed by atoms with van der Waals surface area (Å²) in [5.41, 5.74) is 6.38. The summed E-state index contributed by atoms with van der Waals surface area (Å²) in [6.45, 7) is 5.84. The van der Waals surface area contributed by atoms with Gasteiger partial charge in [-0.25, -0.2) is 0 Å². The molecule has 1 aromatic rings. The van der Waals surface area contributed by atoms with Gasteiger partial charge in [0.25, 0.3) is 0 Å². The Labute approximate surface area is 99.6 Å². The molecule has 15 heavy (non-hydrogen) atoms. The van der Waals surface area contributed by atoms with Gasteiger partial charge in [-0.15, -0.1) is 0 Å². The van der Waals surface area contributed by atoms with Crippen molar-refractivity contribution >= 4 is 23.2 Å². The molecule has 0 radical (unpaired) electrons. The summed E-state index contributed by atoms with van der Waals surface area (Å²) in [7, 11) is 0. The smallest absolute Gasteiger partial charge is 0.143 e. The van der Waals surface area contributed by atoms with E-state index in [0.717, 1.165) is 5.56 Å².